The molecule has 1 amide bonds. The van der Waals surface area contributed by atoms with E-state index in [0.29, 0.717) is 25.3 Å². The SMILES string of the molecule is CNC(=O)c1ccc(CN(C)CC(=O)c2cc(C)n(CCOC)c2C)cc1. The van der Waals surface area contributed by atoms with Crippen molar-refractivity contribution < 1.29 is 14.3 Å². The molecule has 2 aromatic rings. The number of carbonyl (C=O) groups is 2. The predicted octanol–water partition coefficient (Wildman–Crippen LogP) is 2.43. The number of hydrogen-bond donors (Lipinski definition) is 1. The molecular weight excluding hydrogens is 342 g/mol. The molecule has 27 heavy (non-hydrogen) atoms. The van der Waals surface area contributed by atoms with Crippen molar-refractivity contribution in [2.45, 2.75) is 26.9 Å². The minimum atomic E-state index is -0.103. The average Bonchev–Trinajstić information content (AvgIpc) is 2.93. The summed E-state index contributed by atoms with van der Waals surface area (Å²) in [5, 5.41) is 2.61. The monoisotopic (exact) mass is 371 g/mol. The molecule has 6 nitrogen and oxygen atoms in total. The van der Waals surface area contributed by atoms with Gasteiger partial charge in [-0.15, -0.1) is 0 Å². The first kappa shape index (κ1) is 20.9. The fourth-order valence-electron chi connectivity index (χ4n) is 3.21. The molecule has 1 aromatic heterocycles. The van der Waals surface area contributed by atoms with Gasteiger partial charge in [-0.2, -0.15) is 0 Å². The summed E-state index contributed by atoms with van der Waals surface area (Å²) >= 11 is 0. The lowest BCUT2D eigenvalue weighted by Gasteiger charge is -2.16. The molecule has 0 aliphatic heterocycles. The average molecular weight is 371 g/mol. The number of Topliss-reactive ketones (excluding diaryl/α,β-unsaturated/α-hetero) is 1. The summed E-state index contributed by atoms with van der Waals surface area (Å²) in [6, 6.07) is 9.39. The second kappa shape index (κ2) is 9.48. The summed E-state index contributed by atoms with van der Waals surface area (Å²) in [7, 11) is 5.22. The first-order valence-corrected chi connectivity index (χ1v) is 9.05. The molecule has 2 rings (SSSR count). The highest BCUT2D eigenvalue weighted by Gasteiger charge is 2.17. The molecule has 1 aromatic carbocycles. The van der Waals surface area contributed by atoms with Gasteiger partial charge in [-0.3, -0.25) is 14.5 Å². The first-order chi connectivity index (χ1) is 12.9. The second-order valence-corrected chi connectivity index (χ2v) is 6.80. The van der Waals surface area contributed by atoms with Gasteiger partial charge in [0, 0.05) is 49.8 Å². The standard InChI is InChI=1S/C21H29N3O3/c1-15-12-19(16(2)24(15)10-11-27-5)20(25)14-23(4)13-17-6-8-18(9-7-17)21(26)22-3/h6-9,12H,10-11,13-14H2,1-5H3,(H,22,26). The molecule has 0 fully saturated rings. The Morgan fingerprint density at radius 2 is 1.85 bits per heavy atom. The number of amides is 1. The molecule has 1 N–H and O–H groups in total. The highest BCUT2D eigenvalue weighted by atomic mass is 16.5. The molecule has 0 aliphatic carbocycles. The van der Waals surface area contributed by atoms with Crippen LogP contribution in [0.15, 0.2) is 30.3 Å². The van der Waals surface area contributed by atoms with E-state index in [1.807, 2.05) is 44.0 Å². The Morgan fingerprint density at radius 3 is 2.44 bits per heavy atom. The van der Waals surface area contributed by atoms with Crippen LogP contribution in [0.5, 0.6) is 0 Å². The van der Waals surface area contributed by atoms with Crippen LogP contribution in [-0.4, -0.2) is 55.5 Å². The Labute approximate surface area is 161 Å². The largest absolute Gasteiger partial charge is 0.383 e. The van der Waals surface area contributed by atoms with Gasteiger partial charge in [-0.1, -0.05) is 12.1 Å². The summed E-state index contributed by atoms with van der Waals surface area (Å²) in [6.45, 7) is 6.34. The van der Waals surface area contributed by atoms with Crippen LogP contribution >= 0.6 is 0 Å². The zero-order chi connectivity index (χ0) is 20.0. The lowest BCUT2D eigenvalue weighted by molar-refractivity contribution is 0.0940. The van der Waals surface area contributed by atoms with E-state index in [2.05, 4.69) is 9.88 Å². The maximum absolute atomic E-state index is 12.7. The Bertz CT molecular complexity index is 794. The maximum Gasteiger partial charge on any atom is 0.251 e. The van der Waals surface area contributed by atoms with Gasteiger partial charge >= 0.3 is 0 Å². The number of nitrogens with one attached hydrogen (secondary N) is 1. The third kappa shape index (κ3) is 5.28. The first-order valence-electron chi connectivity index (χ1n) is 9.05. The van der Waals surface area contributed by atoms with Crippen LogP contribution in [0.2, 0.25) is 0 Å². The van der Waals surface area contributed by atoms with Gasteiger partial charge in [0.25, 0.3) is 5.91 Å². The number of aryl methyl sites for hydroxylation is 1. The molecule has 0 radical (unpaired) electrons. The lowest BCUT2D eigenvalue weighted by atomic mass is 10.1. The van der Waals surface area contributed by atoms with E-state index >= 15 is 0 Å². The fraction of sp³-hybridized carbons (Fsp3) is 0.429. The third-order valence-electron chi connectivity index (χ3n) is 4.70. The highest BCUT2D eigenvalue weighted by Crippen LogP contribution is 2.16. The van der Waals surface area contributed by atoms with Crippen molar-refractivity contribution in [1.82, 2.24) is 14.8 Å². The van der Waals surface area contributed by atoms with E-state index in [1.165, 1.54) is 0 Å². The zero-order valence-electron chi connectivity index (χ0n) is 16.8. The molecule has 0 saturated carbocycles. The minimum Gasteiger partial charge on any atom is -0.383 e. The van der Waals surface area contributed by atoms with Gasteiger partial charge < -0.3 is 14.6 Å². The van der Waals surface area contributed by atoms with E-state index in [0.717, 1.165) is 29.1 Å². The zero-order valence-corrected chi connectivity index (χ0v) is 16.8. The molecular formula is C21H29N3O3. The van der Waals surface area contributed by atoms with Gasteiger partial charge in [-0.05, 0) is 44.7 Å². The van der Waals surface area contributed by atoms with Crippen LogP contribution in [0.4, 0.5) is 0 Å². The van der Waals surface area contributed by atoms with E-state index in [-0.39, 0.29) is 11.7 Å². The Balaban J connectivity index is 2.00. The predicted molar refractivity (Wildman–Crippen MR) is 106 cm³/mol. The van der Waals surface area contributed by atoms with Crippen molar-refractivity contribution in [2.24, 2.45) is 0 Å². The van der Waals surface area contributed by atoms with Gasteiger partial charge in [0.1, 0.15) is 0 Å². The van der Waals surface area contributed by atoms with Crippen molar-refractivity contribution in [2.75, 3.05) is 34.4 Å². The fourth-order valence-corrected chi connectivity index (χ4v) is 3.21. The van der Waals surface area contributed by atoms with Crippen LogP contribution in [0.25, 0.3) is 0 Å². The van der Waals surface area contributed by atoms with Crippen LogP contribution in [0.1, 0.15) is 37.7 Å². The number of likely N-dealkylation sites (N-methyl/N-ethyl adjacent to an activating group) is 1. The smallest absolute Gasteiger partial charge is 0.251 e. The van der Waals surface area contributed by atoms with E-state index in [9.17, 15) is 9.59 Å². The molecule has 0 unspecified atom stereocenters. The van der Waals surface area contributed by atoms with E-state index in [4.69, 9.17) is 4.74 Å². The quantitative estimate of drug-likeness (QED) is 0.688. The van der Waals surface area contributed by atoms with Crippen molar-refractivity contribution in [3.8, 4) is 0 Å². The number of ether oxygens (including phenoxy) is 1. The molecule has 0 spiro atoms. The molecule has 0 saturated heterocycles. The number of nitrogens with zero attached hydrogens (tertiary/aromatic N) is 2. The summed E-state index contributed by atoms with van der Waals surface area (Å²) < 4.78 is 7.27. The molecule has 1 heterocycles. The number of ketones is 1. The number of benzene rings is 1. The normalized spacial score (nSPS) is 11.0. The summed E-state index contributed by atoms with van der Waals surface area (Å²) in [6.07, 6.45) is 0. The Hall–Kier alpha value is -2.44. The summed E-state index contributed by atoms with van der Waals surface area (Å²) in [5.74, 6) is 0.00478. The molecule has 0 aliphatic rings. The van der Waals surface area contributed by atoms with Crippen molar-refractivity contribution in [3.05, 3.63) is 58.4 Å². The van der Waals surface area contributed by atoms with E-state index in [1.54, 1.807) is 26.3 Å². The van der Waals surface area contributed by atoms with Crippen molar-refractivity contribution >= 4 is 11.7 Å². The Morgan fingerprint density at radius 1 is 1.19 bits per heavy atom. The second-order valence-electron chi connectivity index (χ2n) is 6.80. The van der Waals surface area contributed by atoms with Crippen LogP contribution in [0, 0.1) is 13.8 Å². The van der Waals surface area contributed by atoms with Gasteiger partial charge in [-0.25, -0.2) is 0 Å². The molecule has 0 bridgehead atoms. The molecule has 6 heteroatoms. The number of hydrogen-bond acceptors (Lipinski definition) is 4. The van der Waals surface area contributed by atoms with E-state index < -0.39 is 0 Å². The van der Waals surface area contributed by atoms with Gasteiger partial charge in [0.15, 0.2) is 5.78 Å². The van der Waals surface area contributed by atoms with Crippen LogP contribution in [0.3, 0.4) is 0 Å². The van der Waals surface area contributed by atoms with Crippen LogP contribution < -0.4 is 5.32 Å². The molecule has 0 atom stereocenters. The maximum atomic E-state index is 12.7. The van der Waals surface area contributed by atoms with Crippen molar-refractivity contribution in [1.29, 1.82) is 0 Å². The molecule has 146 valence electrons. The number of aromatic nitrogens is 1. The number of rotatable bonds is 9. The lowest BCUT2D eigenvalue weighted by Crippen LogP contribution is -2.26. The third-order valence-corrected chi connectivity index (χ3v) is 4.70. The van der Waals surface area contributed by atoms with Crippen molar-refractivity contribution in [3.63, 3.8) is 0 Å². The number of carbonyl (C=O) groups excluding carboxylic acids is 2. The minimum absolute atomic E-state index is 0.103. The summed E-state index contributed by atoms with van der Waals surface area (Å²) in [5.41, 5.74) is 4.51. The van der Waals surface area contributed by atoms with Gasteiger partial charge in [0.05, 0.1) is 13.2 Å². The Kier molecular flexibility index (Phi) is 7.33. The summed E-state index contributed by atoms with van der Waals surface area (Å²) in [4.78, 5) is 26.3. The number of methoxy groups -OCH3 is 1. The van der Waals surface area contributed by atoms with Crippen LogP contribution in [-0.2, 0) is 17.8 Å². The highest BCUT2D eigenvalue weighted by molar-refractivity contribution is 5.99. The van der Waals surface area contributed by atoms with Gasteiger partial charge in [0.2, 0.25) is 0 Å². The topological polar surface area (TPSA) is 63.6 Å².